The van der Waals surface area contributed by atoms with Crippen molar-refractivity contribution in [2.75, 3.05) is 0 Å². The Labute approximate surface area is 85.3 Å². The lowest BCUT2D eigenvalue weighted by Crippen LogP contribution is -1.95. The monoisotopic (exact) mass is 212 g/mol. The second kappa shape index (κ2) is 4.50. The van der Waals surface area contributed by atoms with E-state index >= 15 is 0 Å². The zero-order valence-electron chi connectivity index (χ0n) is 8.23. The minimum Gasteiger partial charge on any atom is -0.350 e. The summed E-state index contributed by atoms with van der Waals surface area (Å²) in [5.74, 6) is -0.770. The van der Waals surface area contributed by atoms with Gasteiger partial charge in [-0.05, 0) is 26.0 Å². The van der Waals surface area contributed by atoms with Gasteiger partial charge in [-0.3, -0.25) is 10.1 Å². The zero-order chi connectivity index (χ0) is 11.4. The normalized spacial score (nSPS) is 9.53. The molecule has 0 aliphatic carbocycles. The topological polar surface area (TPSA) is 64.7 Å². The molecule has 1 aromatic carbocycles. The van der Waals surface area contributed by atoms with Gasteiger partial charge in [-0.1, -0.05) is 5.16 Å². The van der Waals surface area contributed by atoms with Crippen LogP contribution in [0.25, 0.3) is 0 Å². The standard InChI is InChI=1S/C9H9FN2O3/c1-6(2)11-15-9-4-3-7(10)5-8(9)12(13)14/h3-5H,1-2H3. The lowest BCUT2D eigenvalue weighted by atomic mass is 10.3. The maximum atomic E-state index is 12.7. The lowest BCUT2D eigenvalue weighted by molar-refractivity contribution is -0.386. The Morgan fingerprint density at radius 1 is 1.53 bits per heavy atom. The lowest BCUT2D eigenvalue weighted by Gasteiger charge is -2.00. The van der Waals surface area contributed by atoms with Gasteiger partial charge < -0.3 is 4.84 Å². The molecule has 0 heterocycles. The highest BCUT2D eigenvalue weighted by molar-refractivity contribution is 5.78. The molecule has 0 amide bonds. The molecule has 0 radical (unpaired) electrons. The summed E-state index contributed by atoms with van der Waals surface area (Å²) in [7, 11) is 0. The van der Waals surface area contributed by atoms with Crippen LogP contribution >= 0.6 is 0 Å². The van der Waals surface area contributed by atoms with Crippen molar-refractivity contribution in [3.63, 3.8) is 0 Å². The molecule has 0 atom stereocenters. The van der Waals surface area contributed by atoms with Crippen LogP contribution in [0.15, 0.2) is 23.4 Å². The predicted molar refractivity (Wildman–Crippen MR) is 52.5 cm³/mol. The molecule has 0 saturated heterocycles. The molecule has 0 aliphatic rings. The van der Waals surface area contributed by atoms with Crippen molar-refractivity contribution in [1.82, 2.24) is 0 Å². The van der Waals surface area contributed by atoms with Crippen LogP contribution in [0.1, 0.15) is 13.8 Å². The molecule has 0 fully saturated rings. The Morgan fingerprint density at radius 3 is 2.73 bits per heavy atom. The van der Waals surface area contributed by atoms with Crippen LogP contribution < -0.4 is 4.84 Å². The van der Waals surface area contributed by atoms with E-state index in [2.05, 4.69) is 5.16 Å². The third kappa shape index (κ3) is 3.01. The van der Waals surface area contributed by atoms with E-state index < -0.39 is 16.4 Å². The number of rotatable bonds is 3. The first-order valence-corrected chi connectivity index (χ1v) is 4.13. The fourth-order valence-corrected chi connectivity index (χ4v) is 0.851. The smallest absolute Gasteiger partial charge is 0.317 e. The van der Waals surface area contributed by atoms with Gasteiger partial charge in [-0.25, -0.2) is 4.39 Å². The summed E-state index contributed by atoms with van der Waals surface area (Å²) in [5, 5.41) is 14.1. The van der Waals surface area contributed by atoms with Crippen LogP contribution in [-0.2, 0) is 0 Å². The van der Waals surface area contributed by atoms with E-state index in [9.17, 15) is 14.5 Å². The summed E-state index contributed by atoms with van der Waals surface area (Å²) in [6, 6.07) is 3.03. The number of oxime groups is 1. The van der Waals surface area contributed by atoms with Crippen molar-refractivity contribution in [3.8, 4) is 5.75 Å². The average molecular weight is 212 g/mol. The molecule has 0 N–H and O–H groups in total. The number of nitro groups is 1. The van der Waals surface area contributed by atoms with Crippen LogP contribution in [0, 0.1) is 15.9 Å². The number of hydrogen-bond donors (Lipinski definition) is 0. The second-order valence-corrected chi connectivity index (χ2v) is 3.00. The number of hydrogen-bond acceptors (Lipinski definition) is 4. The Balaban J connectivity index is 3.06. The van der Waals surface area contributed by atoms with E-state index in [1.165, 1.54) is 6.07 Å². The van der Waals surface area contributed by atoms with Gasteiger partial charge in [-0.15, -0.1) is 0 Å². The number of halogens is 1. The summed E-state index contributed by atoms with van der Waals surface area (Å²) in [6.07, 6.45) is 0. The Bertz CT molecular complexity index is 414. The fraction of sp³-hybridized carbons (Fsp3) is 0.222. The molecule has 0 spiro atoms. The molecule has 0 unspecified atom stereocenters. The van der Waals surface area contributed by atoms with Crippen molar-refractivity contribution >= 4 is 11.4 Å². The predicted octanol–water partition coefficient (Wildman–Crippen LogP) is 2.51. The molecule has 6 heteroatoms. The van der Waals surface area contributed by atoms with Crippen LogP contribution in [0.2, 0.25) is 0 Å². The maximum Gasteiger partial charge on any atom is 0.317 e. The summed E-state index contributed by atoms with van der Waals surface area (Å²) in [4.78, 5) is 14.6. The third-order valence-corrected chi connectivity index (χ3v) is 1.44. The van der Waals surface area contributed by atoms with Crippen LogP contribution in [-0.4, -0.2) is 10.6 Å². The molecule has 5 nitrogen and oxygen atoms in total. The summed E-state index contributed by atoms with van der Waals surface area (Å²) >= 11 is 0. The van der Waals surface area contributed by atoms with E-state index in [1.54, 1.807) is 13.8 Å². The highest BCUT2D eigenvalue weighted by Gasteiger charge is 2.16. The molecular formula is C9H9FN2O3. The van der Waals surface area contributed by atoms with Gasteiger partial charge in [0.1, 0.15) is 5.82 Å². The molecular weight excluding hydrogens is 203 g/mol. The van der Waals surface area contributed by atoms with E-state index in [0.717, 1.165) is 12.1 Å². The number of nitrogens with zero attached hydrogens (tertiary/aromatic N) is 2. The van der Waals surface area contributed by atoms with Crippen molar-refractivity contribution in [2.45, 2.75) is 13.8 Å². The largest absolute Gasteiger partial charge is 0.350 e. The summed E-state index contributed by atoms with van der Waals surface area (Å²) < 4.78 is 12.7. The Morgan fingerprint density at radius 2 is 2.20 bits per heavy atom. The van der Waals surface area contributed by atoms with Gasteiger partial charge in [0, 0.05) is 0 Å². The van der Waals surface area contributed by atoms with Gasteiger partial charge >= 0.3 is 5.69 Å². The number of nitro benzene ring substituents is 1. The zero-order valence-corrected chi connectivity index (χ0v) is 8.23. The molecule has 0 aromatic heterocycles. The van der Waals surface area contributed by atoms with E-state index in [1.807, 2.05) is 0 Å². The van der Waals surface area contributed by atoms with Crippen LogP contribution in [0.5, 0.6) is 5.75 Å². The third-order valence-electron chi connectivity index (χ3n) is 1.44. The van der Waals surface area contributed by atoms with Gasteiger partial charge in [0.2, 0.25) is 5.75 Å². The summed E-state index contributed by atoms with van der Waals surface area (Å²) in [6.45, 7) is 3.35. The molecule has 1 rings (SSSR count). The van der Waals surface area contributed by atoms with Crippen molar-refractivity contribution in [1.29, 1.82) is 0 Å². The fourth-order valence-electron chi connectivity index (χ4n) is 0.851. The first-order valence-electron chi connectivity index (χ1n) is 4.13. The van der Waals surface area contributed by atoms with E-state index in [-0.39, 0.29) is 5.75 Å². The average Bonchev–Trinajstić information content (AvgIpc) is 2.15. The molecule has 0 saturated carbocycles. The van der Waals surface area contributed by atoms with Gasteiger partial charge in [0.15, 0.2) is 0 Å². The molecule has 0 aliphatic heterocycles. The van der Waals surface area contributed by atoms with Crippen molar-refractivity contribution in [2.24, 2.45) is 5.16 Å². The van der Waals surface area contributed by atoms with Crippen LogP contribution in [0.4, 0.5) is 10.1 Å². The van der Waals surface area contributed by atoms with Crippen LogP contribution in [0.3, 0.4) is 0 Å². The van der Waals surface area contributed by atoms with Gasteiger partial charge in [-0.2, -0.15) is 0 Å². The maximum absolute atomic E-state index is 12.7. The SMILES string of the molecule is CC(C)=NOc1ccc(F)cc1[N+](=O)[O-]. The van der Waals surface area contributed by atoms with Gasteiger partial charge in [0.25, 0.3) is 0 Å². The van der Waals surface area contributed by atoms with E-state index in [0.29, 0.717) is 5.71 Å². The highest BCUT2D eigenvalue weighted by Crippen LogP contribution is 2.27. The van der Waals surface area contributed by atoms with E-state index in [4.69, 9.17) is 4.84 Å². The first-order chi connectivity index (χ1) is 7.00. The molecule has 15 heavy (non-hydrogen) atoms. The number of benzene rings is 1. The minimum absolute atomic E-state index is 0.0809. The Kier molecular flexibility index (Phi) is 3.33. The van der Waals surface area contributed by atoms with Crippen molar-refractivity contribution < 1.29 is 14.2 Å². The van der Waals surface area contributed by atoms with Gasteiger partial charge in [0.05, 0.1) is 16.7 Å². The highest BCUT2D eigenvalue weighted by atomic mass is 19.1. The Hall–Kier alpha value is -1.98. The minimum atomic E-state index is -0.723. The van der Waals surface area contributed by atoms with Crippen molar-refractivity contribution in [3.05, 3.63) is 34.1 Å². The quantitative estimate of drug-likeness (QED) is 0.439. The summed E-state index contributed by atoms with van der Waals surface area (Å²) in [5.41, 5.74) is 0.161. The molecule has 0 bridgehead atoms. The molecule has 80 valence electrons. The first kappa shape index (κ1) is 11.1. The second-order valence-electron chi connectivity index (χ2n) is 3.00. The molecule has 1 aromatic rings.